The lowest BCUT2D eigenvalue weighted by molar-refractivity contribution is 0.118. The number of hydrogen-bond donors (Lipinski definition) is 2. The van der Waals surface area contributed by atoms with Gasteiger partial charge in [0.2, 0.25) is 0 Å². The van der Waals surface area contributed by atoms with E-state index in [9.17, 15) is 0 Å². The van der Waals surface area contributed by atoms with Crippen molar-refractivity contribution in [3.63, 3.8) is 0 Å². The van der Waals surface area contributed by atoms with Gasteiger partial charge in [-0.25, -0.2) is 0 Å². The molecule has 0 radical (unpaired) electrons. The summed E-state index contributed by atoms with van der Waals surface area (Å²) < 4.78 is 7.55. The first kappa shape index (κ1) is 13.6. The van der Waals surface area contributed by atoms with Gasteiger partial charge in [0.1, 0.15) is 6.10 Å². The summed E-state index contributed by atoms with van der Waals surface area (Å²) >= 11 is 0. The smallest absolute Gasteiger partial charge is 0.110 e. The Bertz CT molecular complexity index is 470. The molecule has 1 aromatic rings. The predicted octanol–water partition coefficient (Wildman–Crippen LogP) is 1.54. The highest BCUT2D eigenvalue weighted by Crippen LogP contribution is 2.29. The van der Waals surface area contributed by atoms with Crippen LogP contribution < -0.4 is 5.32 Å². The lowest BCUT2D eigenvalue weighted by atomic mass is 9.92. The van der Waals surface area contributed by atoms with Crippen molar-refractivity contribution in [3.8, 4) is 0 Å². The zero-order valence-corrected chi connectivity index (χ0v) is 11.8. The fourth-order valence-corrected chi connectivity index (χ4v) is 3.13. The number of aliphatic hydroxyl groups excluding tert-OH is 1. The van der Waals surface area contributed by atoms with Gasteiger partial charge < -0.3 is 15.2 Å². The van der Waals surface area contributed by atoms with Crippen LogP contribution in [0.15, 0.2) is 18.5 Å². The second kappa shape index (κ2) is 6.41. The third-order valence-corrected chi connectivity index (χ3v) is 4.19. The molecule has 2 N–H and O–H groups in total. The SMILES string of the molecule is OCCn1ncc2c1CCCC2NCC1CCC=CO1. The van der Waals surface area contributed by atoms with Crippen LogP contribution in [0.1, 0.15) is 43.0 Å². The van der Waals surface area contributed by atoms with Crippen molar-refractivity contribution in [1.29, 1.82) is 0 Å². The van der Waals surface area contributed by atoms with Gasteiger partial charge in [-0.3, -0.25) is 4.68 Å². The molecule has 0 spiro atoms. The van der Waals surface area contributed by atoms with E-state index in [2.05, 4.69) is 16.5 Å². The molecule has 0 saturated heterocycles. The topological polar surface area (TPSA) is 59.3 Å². The van der Waals surface area contributed by atoms with Crippen molar-refractivity contribution in [2.45, 2.75) is 50.8 Å². The number of nitrogens with zero attached hydrogens (tertiary/aromatic N) is 2. The summed E-state index contributed by atoms with van der Waals surface area (Å²) in [6, 6.07) is 0.376. The first-order chi connectivity index (χ1) is 9.88. The number of rotatable bonds is 5. The number of aromatic nitrogens is 2. The Morgan fingerprint density at radius 2 is 2.40 bits per heavy atom. The number of ether oxygens (including phenoxy) is 1. The molecule has 2 unspecified atom stereocenters. The summed E-state index contributed by atoms with van der Waals surface area (Å²) in [6.07, 6.45) is 11.7. The Morgan fingerprint density at radius 1 is 1.45 bits per heavy atom. The van der Waals surface area contributed by atoms with Crippen LogP contribution in [0.4, 0.5) is 0 Å². The van der Waals surface area contributed by atoms with Crippen molar-refractivity contribution in [2.24, 2.45) is 0 Å². The van der Waals surface area contributed by atoms with E-state index < -0.39 is 0 Å². The second-order valence-corrected chi connectivity index (χ2v) is 5.55. The summed E-state index contributed by atoms with van der Waals surface area (Å²) in [6.45, 7) is 1.63. The molecule has 0 bridgehead atoms. The lowest BCUT2D eigenvalue weighted by Gasteiger charge is -2.27. The van der Waals surface area contributed by atoms with Gasteiger partial charge in [0.15, 0.2) is 0 Å². The molecule has 0 saturated carbocycles. The van der Waals surface area contributed by atoms with E-state index >= 15 is 0 Å². The number of aliphatic hydroxyl groups is 1. The Hall–Kier alpha value is -1.33. The largest absolute Gasteiger partial charge is 0.497 e. The van der Waals surface area contributed by atoms with E-state index in [0.717, 1.165) is 32.2 Å². The van der Waals surface area contributed by atoms with Crippen LogP contribution >= 0.6 is 0 Å². The molecular weight excluding hydrogens is 254 g/mol. The van der Waals surface area contributed by atoms with Crippen LogP contribution in [0.3, 0.4) is 0 Å². The first-order valence-corrected chi connectivity index (χ1v) is 7.58. The van der Waals surface area contributed by atoms with Gasteiger partial charge in [0, 0.05) is 23.8 Å². The average Bonchev–Trinajstić information content (AvgIpc) is 2.91. The minimum Gasteiger partial charge on any atom is -0.497 e. The molecule has 1 aliphatic heterocycles. The molecule has 110 valence electrons. The molecule has 20 heavy (non-hydrogen) atoms. The molecule has 2 aliphatic rings. The highest BCUT2D eigenvalue weighted by molar-refractivity contribution is 5.25. The van der Waals surface area contributed by atoms with E-state index in [4.69, 9.17) is 9.84 Å². The predicted molar refractivity (Wildman–Crippen MR) is 76.2 cm³/mol. The van der Waals surface area contributed by atoms with Crippen molar-refractivity contribution >= 4 is 0 Å². The van der Waals surface area contributed by atoms with Crippen molar-refractivity contribution < 1.29 is 9.84 Å². The van der Waals surface area contributed by atoms with Gasteiger partial charge in [0.05, 0.1) is 25.6 Å². The molecule has 5 nitrogen and oxygen atoms in total. The summed E-state index contributed by atoms with van der Waals surface area (Å²) in [7, 11) is 0. The van der Waals surface area contributed by atoms with Gasteiger partial charge in [-0.2, -0.15) is 5.10 Å². The quantitative estimate of drug-likeness (QED) is 0.857. The Kier molecular flexibility index (Phi) is 4.38. The van der Waals surface area contributed by atoms with E-state index in [1.54, 1.807) is 0 Å². The number of nitrogens with one attached hydrogen (secondary N) is 1. The molecule has 3 rings (SSSR count). The van der Waals surface area contributed by atoms with Crippen LogP contribution in [-0.2, 0) is 17.7 Å². The van der Waals surface area contributed by atoms with E-state index in [1.165, 1.54) is 17.7 Å². The molecule has 2 atom stereocenters. The summed E-state index contributed by atoms with van der Waals surface area (Å²) in [5.74, 6) is 0. The minimum absolute atomic E-state index is 0.147. The van der Waals surface area contributed by atoms with Crippen LogP contribution in [-0.4, -0.2) is 34.1 Å². The average molecular weight is 277 g/mol. The van der Waals surface area contributed by atoms with Gasteiger partial charge >= 0.3 is 0 Å². The lowest BCUT2D eigenvalue weighted by Crippen LogP contribution is -2.33. The molecular formula is C15H23N3O2. The third kappa shape index (κ3) is 2.88. The van der Waals surface area contributed by atoms with Crippen molar-refractivity contribution in [2.75, 3.05) is 13.2 Å². The number of hydrogen-bond acceptors (Lipinski definition) is 4. The molecule has 2 heterocycles. The molecule has 0 amide bonds. The van der Waals surface area contributed by atoms with Gasteiger partial charge in [-0.05, 0) is 38.2 Å². The molecule has 0 aromatic carbocycles. The fourth-order valence-electron chi connectivity index (χ4n) is 3.13. The van der Waals surface area contributed by atoms with E-state index in [1.807, 2.05) is 17.1 Å². The van der Waals surface area contributed by atoms with Gasteiger partial charge in [-0.15, -0.1) is 0 Å². The monoisotopic (exact) mass is 277 g/mol. The third-order valence-electron chi connectivity index (χ3n) is 4.19. The number of allylic oxidation sites excluding steroid dienone is 1. The highest BCUT2D eigenvalue weighted by Gasteiger charge is 2.24. The van der Waals surface area contributed by atoms with E-state index in [-0.39, 0.29) is 12.7 Å². The Labute approximate surface area is 119 Å². The van der Waals surface area contributed by atoms with Crippen molar-refractivity contribution in [3.05, 3.63) is 29.8 Å². The maximum atomic E-state index is 9.08. The van der Waals surface area contributed by atoms with Crippen LogP contribution in [0.2, 0.25) is 0 Å². The molecule has 1 aromatic heterocycles. The minimum atomic E-state index is 0.147. The van der Waals surface area contributed by atoms with E-state index in [0.29, 0.717) is 12.6 Å². The fraction of sp³-hybridized carbons (Fsp3) is 0.667. The molecule has 0 fully saturated rings. The van der Waals surface area contributed by atoms with Crippen LogP contribution in [0.5, 0.6) is 0 Å². The Balaban J connectivity index is 1.62. The van der Waals surface area contributed by atoms with Crippen LogP contribution in [0.25, 0.3) is 0 Å². The maximum Gasteiger partial charge on any atom is 0.110 e. The number of fused-ring (bicyclic) bond motifs is 1. The highest BCUT2D eigenvalue weighted by atomic mass is 16.5. The maximum absolute atomic E-state index is 9.08. The second-order valence-electron chi connectivity index (χ2n) is 5.55. The zero-order valence-electron chi connectivity index (χ0n) is 11.8. The van der Waals surface area contributed by atoms with Gasteiger partial charge in [0.25, 0.3) is 0 Å². The summed E-state index contributed by atoms with van der Waals surface area (Å²) in [5, 5.41) is 17.1. The molecule has 1 aliphatic carbocycles. The summed E-state index contributed by atoms with van der Waals surface area (Å²) in [5.41, 5.74) is 2.59. The Morgan fingerprint density at radius 3 is 3.20 bits per heavy atom. The summed E-state index contributed by atoms with van der Waals surface area (Å²) in [4.78, 5) is 0. The normalized spacial score (nSPS) is 25.2. The van der Waals surface area contributed by atoms with Crippen molar-refractivity contribution in [1.82, 2.24) is 15.1 Å². The van der Waals surface area contributed by atoms with Crippen LogP contribution in [0, 0.1) is 0 Å². The first-order valence-electron chi connectivity index (χ1n) is 7.58. The molecule has 5 heteroatoms. The van der Waals surface area contributed by atoms with Gasteiger partial charge in [-0.1, -0.05) is 0 Å². The zero-order chi connectivity index (χ0) is 13.8. The standard InChI is InChI=1S/C15H23N3O2/c19-8-7-18-15-6-3-5-14(13(15)11-17-18)16-10-12-4-1-2-9-20-12/h2,9,11-12,14,16,19H,1,3-8,10H2.